The molecule has 0 saturated carbocycles. The van der Waals surface area contributed by atoms with Gasteiger partial charge < -0.3 is 10.1 Å². The minimum atomic E-state index is -0.963. The summed E-state index contributed by atoms with van der Waals surface area (Å²) in [7, 11) is 0. The highest BCUT2D eigenvalue weighted by Gasteiger charge is 2.19. The highest BCUT2D eigenvalue weighted by atomic mass is 16.5. The Morgan fingerprint density at radius 1 is 1.09 bits per heavy atom. The van der Waals surface area contributed by atoms with Crippen LogP contribution in [-0.2, 0) is 9.53 Å². The van der Waals surface area contributed by atoms with Crippen LogP contribution in [0, 0.1) is 0 Å². The maximum atomic E-state index is 12.0. The van der Waals surface area contributed by atoms with Crippen molar-refractivity contribution in [2.75, 3.05) is 5.32 Å². The first kappa shape index (κ1) is 16.4. The molecule has 118 valence electrons. The average molecular weight is 312 g/mol. The molecule has 1 aromatic heterocycles. The van der Waals surface area contributed by atoms with Crippen LogP contribution in [0.15, 0.2) is 48.8 Å². The fraction of sp³-hybridized carbons (Fsp3) is 0.176. The maximum Gasteiger partial charge on any atom is 0.340 e. The summed E-state index contributed by atoms with van der Waals surface area (Å²) in [6.45, 7) is 2.95. The number of amides is 1. The number of carbonyl (C=O) groups excluding carboxylic acids is 3. The number of carbonyl (C=O) groups is 3. The predicted octanol–water partition coefficient (Wildman–Crippen LogP) is 2.47. The molecule has 0 saturated heterocycles. The minimum Gasteiger partial charge on any atom is -0.449 e. The zero-order valence-corrected chi connectivity index (χ0v) is 12.8. The van der Waals surface area contributed by atoms with Crippen molar-refractivity contribution < 1.29 is 19.1 Å². The fourth-order valence-corrected chi connectivity index (χ4v) is 1.80. The first-order valence-corrected chi connectivity index (χ1v) is 7.00. The van der Waals surface area contributed by atoms with E-state index in [2.05, 4.69) is 10.3 Å². The summed E-state index contributed by atoms with van der Waals surface area (Å²) in [4.78, 5) is 38.9. The van der Waals surface area contributed by atoms with E-state index in [4.69, 9.17) is 4.74 Å². The molecule has 0 bridgehead atoms. The van der Waals surface area contributed by atoms with Crippen LogP contribution >= 0.6 is 0 Å². The number of hydrogen-bond donors (Lipinski definition) is 1. The molecule has 0 aliphatic rings. The minimum absolute atomic E-state index is 0.0540. The first-order chi connectivity index (χ1) is 11.0. The third kappa shape index (κ3) is 4.47. The van der Waals surface area contributed by atoms with Crippen LogP contribution < -0.4 is 5.32 Å². The van der Waals surface area contributed by atoms with Gasteiger partial charge in [0, 0.05) is 23.6 Å². The van der Waals surface area contributed by atoms with E-state index in [1.165, 1.54) is 26.2 Å². The second-order valence-corrected chi connectivity index (χ2v) is 4.91. The highest BCUT2D eigenvalue weighted by Crippen LogP contribution is 2.11. The van der Waals surface area contributed by atoms with Crippen LogP contribution in [-0.4, -0.2) is 28.7 Å². The molecule has 6 heteroatoms. The van der Waals surface area contributed by atoms with Crippen molar-refractivity contribution >= 4 is 23.3 Å². The third-order valence-corrected chi connectivity index (χ3v) is 3.11. The SMILES string of the molecule is CC(=O)c1ccc(NC(=O)[C@@H](C)OC(=O)c2cccnc2)cc1. The van der Waals surface area contributed by atoms with Gasteiger partial charge in [0.15, 0.2) is 11.9 Å². The van der Waals surface area contributed by atoms with Crippen LogP contribution in [0.4, 0.5) is 5.69 Å². The number of pyridine rings is 1. The molecular weight excluding hydrogens is 296 g/mol. The van der Waals surface area contributed by atoms with E-state index in [1.807, 2.05) is 0 Å². The summed E-state index contributed by atoms with van der Waals surface area (Å²) in [5.41, 5.74) is 1.35. The van der Waals surface area contributed by atoms with Crippen LogP contribution in [0.1, 0.15) is 34.6 Å². The Balaban J connectivity index is 1.94. The second-order valence-electron chi connectivity index (χ2n) is 4.91. The monoisotopic (exact) mass is 312 g/mol. The average Bonchev–Trinajstić information content (AvgIpc) is 2.56. The maximum absolute atomic E-state index is 12.0. The van der Waals surface area contributed by atoms with Gasteiger partial charge in [0.1, 0.15) is 0 Å². The van der Waals surface area contributed by atoms with E-state index in [9.17, 15) is 14.4 Å². The fourth-order valence-electron chi connectivity index (χ4n) is 1.80. The van der Waals surface area contributed by atoms with Crippen molar-refractivity contribution in [1.82, 2.24) is 4.98 Å². The van der Waals surface area contributed by atoms with E-state index in [-0.39, 0.29) is 11.3 Å². The van der Waals surface area contributed by atoms with E-state index in [1.54, 1.807) is 36.4 Å². The molecule has 0 radical (unpaired) electrons. The van der Waals surface area contributed by atoms with Gasteiger partial charge in [-0.3, -0.25) is 14.6 Å². The smallest absolute Gasteiger partial charge is 0.340 e. The highest BCUT2D eigenvalue weighted by molar-refractivity contribution is 5.98. The lowest BCUT2D eigenvalue weighted by Gasteiger charge is -2.13. The van der Waals surface area contributed by atoms with Gasteiger partial charge in [-0.1, -0.05) is 0 Å². The number of nitrogens with zero attached hydrogens (tertiary/aromatic N) is 1. The quantitative estimate of drug-likeness (QED) is 0.677. The molecule has 1 amide bonds. The molecule has 1 heterocycles. The standard InChI is InChI=1S/C17H16N2O4/c1-11(20)13-5-7-15(8-6-13)19-16(21)12(2)23-17(22)14-4-3-9-18-10-14/h3-10,12H,1-2H3,(H,19,21)/t12-/m1/s1. The van der Waals surface area contributed by atoms with E-state index >= 15 is 0 Å². The van der Waals surface area contributed by atoms with Gasteiger partial charge in [-0.05, 0) is 50.2 Å². The molecule has 2 rings (SSSR count). The van der Waals surface area contributed by atoms with Crippen molar-refractivity contribution in [1.29, 1.82) is 0 Å². The largest absolute Gasteiger partial charge is 0.449 e. The molecule has 1 N–H and O–H groups in total. The number of benzene rings is 1. The summed E-state index contributed by atoms with van der Waals surface area (Å²) in [6, 6.07) is 9.63. The Labute approximate surface area is 133 Å². The molecule has 0 aliphatic carbocycles. The molecule has 23 heavy (non-hydrogen) atoms. The Morgan fingerprint density at radius 2 is 1.78 bits per heavy atom. The summed E-state index contributed by atoms with van der Waals surface area (Å²) < 4.78 is 5.09. The van der Waals surface area contributed by atoms with Gasteiger partial charge >= 0.3 is 5.97 Å². The lowest BCUT2D eigenvalue weighted by molar-refractivity contribution is -0.123. The molecular formula is C17H16N2O4. The Bertz CT molecular complexity index is 711. The van der Waals surface area contributed by atoms with Crippen LogP contribution in [0.3, 0.4) is 0 Å². The van der Waals surface area contributed by atoms with Gasteiger partial charge in [0.05, 0.1) is 5.56 Å². The number of esters is 1. The Morgan fingerprint density at radius 3 is 2.35 bits per heavy atom. The molecule has 2 aromatic rings. The summed E-state index contributed by atoms with van der Waals surface area (Å²) in [5.74, 6) is -1.13. The number of nitrogens with one attached hydrogen (secondary N) is 1. The van der Waals surface area contributed by atoms with Gasteiger partial charge in [0.25, 0.3) is 5.91 Å². The molecule has 1 aromatic carbocycles. The Kier molecular flexibility index (Phi) is 5.19. The summed E-state index contributed by atoms with van der Waals surface area (Å²) in [6.07, 6.45) is 1.95. The van der Waals surface area contributed by atoms with Gasteiger partial charge in [-0.15, -0.1) is 0 Å². The van der Waals surface area contributed by atoms with Crippen LogP contribution in [0.25, 0.3) is 0 Å². The molecule has 0 fully saturated rings. The number of ether oxygens (including phenoxy) is 1. The van der Waals surface area contributed by atoms with Gasteiger partial charge in [-0.2, -0.15) is 0 Å². The molecule has 0 unspecified atom stereocenters. The third-order valence-electron chi connectivity index (χ3n) is 3.11. The number of aromatic nitrogens is 1. The number of anilines is 1. The molecule has 0 aliphatic heterocycles. The zero-order chi connectivity index (χ0) is 16.8. The first-order valence-electron chi connectivity index (χ1n) is 7.00. The Hall–Kier alpha value is -3.02. The lowest BCUT2D eigenvalue weighted by Crippen LogP contribution is -2.30. The van der Waals surface area contributed by atoms with Gasteiger partial charge in [-0.25, -0.2) is 4.79 Å². The number of ketones is 1. The topological polar surface area (TPSA) is 85.4 Å². The van der Waals surface area contributed by atoms with E-state index in [0.717, 1.165) is 0 Å². The van der Waals surface area contributed by atoms with Crippen molar-refractivity contribution in [2.45, 2.75) is 20.0 Å². The van der Waals surface area contributed by atoms with Crippen LogP contribution in [0.2, 0.25) is 0 Å². The van der Waals surface area contributed by atoms with E-state index < -0.39 is 18.0 Å². The van der Waals surface area contributed by atoms with E-state index in [0.29, 0.717) is 11.3 Å². The second kappa shape index (κ2) is 7.31. The molecule has 0 spiro atoms. The summed E-state index contributed by atoms with van der Waals surface area (Å²) in [5, 5.41) is 2.62. The molecule has 6 nitrogen and oxygen atoms in total. The predicted molar refractivity (Wildman–Crippen MR) is 84.2 cm³/mol. The normalized spacial score (nSPS) is 11.4. The number of Topliss-reactive ketones (excluding diaryl/α,β-unsaturated/α-hetero) is 1. The van der Waals surface area contributed by atoms with Crippen molar-refractivity contribution in [3.8, 4) is 0 Å². The number of rotatable bonds is 5. The van der Waals surface area contributed by atoms with Gasteiger partial charge in [0.2, 0.25) is 0 Å². The molecule has 1 atom stereocenters. The van der Waals surface area contributed by atoms with Crippen molar-refractivity contribution in [3.63, 3.8) is 0 Å². The van der Waals surface area contributed by atoms with Crippen molar-refractivity contribution in [3.05, 3.63) is 59.9 Å². The summed E-state index contributed by atoms with van der Waals surface area (Å²) >= 11 is 0. The van der Waals surface area contributed by atoms with Crippen LogP contribution in [0.5, 0.6) is 0 Å². The van der Waals surface area contributed by atoms with Crippen molar-refractivity contribution in [2.24, 2.45) is 0 Å². The zero-order valence-electron chi connectivity index (χ0n) is 12.8. The lowest BCUT2D eigenvalue weighted by atomic mass is 10.1. The number of hydrogen-bond acceptors (Lipinski definition) is 5.